The van der Waals surface area contributed by atoms with Crippen molar-refractivity contribution in [1.82, 2.24) is 9.88 Å². The van der Waals surface area contributed by atoms with Crippen LogP contribution in [0.3, 0.4) is 0 Å². The Morgan fingerprint density at radius 2 is 1.82 bits per heavy atom. The average molecular weight is 537 g/mol. The van der Waals surface area contributed by atoms with Gasteiger partial charge in [0.25, 0.3) is 5.56 Å². The fraction of sp³-hybridized carbons (Fsp3) is 0.360. The molecule has 1 aromatic heterocycles. The molecule has 9 heteroatoms. The van der Waals surface area contributed by atoms with Crippen LogP contribution in [0, 0.1) is 11.6 Å². The zero-order valence-electron chi connectivity index (χ0n) is 19.1. The van der Waals surface area contributed by atoms with Crippen LogP contribution in [0.2, 0.25) is 0 Å². The molecule has 0 aliphatic rings. The average Bonchev–Trinajstić information content (AvgIpc) is 2.80. The summed E-state index contributed by atoms with van der Waals surface area (Å²) in [5, 5.41) is 2.78. The van der Waals surface area contributed by atoms with E-state index >= 15 is 0 Å². The van der Waals surface area contributed by atoms with Gasteiger partial charge in [0, 0.05) is 19.3 Å². The molecule has 3 aromatic rings. The van der Waals surface area contributed by atoms with Gasteiger partial charge in [-0.05, 0) is 72.1 Å². The number of ether oxygens (including phenoxy) is 2. The van der Waals surface area contributed by atoms with E-state index in [9.17, 15) is 18.4 Å². The number of benzene rings is 2. The smallest absolute Gasteiger partial charge is 0.409 e. The SMILES string of the molecule is CC(C)(NC(=O)OCc1ccccc1)OCCCCCn1ccc2cc(Br)c(F)c(F)c2c1=O. The third-order valence-corrected chi connectivity index (χ3v) is 5.80. The van der Waals surface area contributed by atoms with E-state index in [-0.39, 0.29) is 16.5 Å². The van der Waals surface area contributed by atoms with Crippen LogP contribution in [0.5, 0.6) is 0 Å². The fourth-order valence-electron chi connectivity index (χ4n) is 3.45. The number of nitrogens with zero attached hydrogens (tertiary/aromatic N) is 1. The minimum Gasteiger partial charge on any atom is -0.445 e. The molecule has 0 spiro atoms. The number of fused-ring (bicyclic) bond motifs is 1. The zero-order valence-corrected chi connectivity index (χ0v) is 20.7. The number of unbranched alkanes of at least 4 members (excludes halogenated alkanes) is 2. The molecule has 0 saturated heterocycles. The second-order valence-electron chi connectivity index (χ2n) is 8.37. The quantitative estimate of drug-likeness (QED) is 0.199. The number of hydrogen-bond acceptors (Lipinski definition) is 4. The first kappa shape index (κ1) is 25.8. The third kappa shape index (κ3) is 6.87. The number of aromatic nitrogens is 1. The maximum absolute atomic E-state index is 14.3. The Kier molecular flexibility index (Phi) is 8.79. The number of nitrogens with one attached hydrogen (secondary N) is 1. The molecule has 6 nitrogen and oxygen atoms in total. The summed E-state index contributed by atoms with van der Waals surface area (Å²) in [6, 6.07) is 12.4. The monoisotopic (exact) mass is 536 g/mol. The minimum atomic E-state index is -1.14. The number of aryl methyl sites for hydroxylation is 1. The van der Waals surface area contributed by atoms with Gasteiger partial charge >= 0.3 is 6.09 Å². The Balaban J connectivity index is 1.41. The topological polar surface area (TPSA) is 69.6 Å². The fourth-order valence-corrected chi connectivity index (χ4v) is 3.87. The molecular weight excluding hydrogens is 510 g/mol. The molecule has 1 heterocycles. The van der Waals surface area contributed by atoms with Gasteiger partial charge in [-0.2, -0.15) is 0 Å². The van der Waals surface area contributed by atoms with Crippen molar-refractivity contribution in [1.29, 1.82) is 0 Å². The molecule has 3 rings (SSSR count). The van der Waals surface area contributed by atoms with Gasteiger partial charge in [-0.1, -0.05) is 30.3 Å². The first-order valence-corrected chi connectivity index (χ1v) is 11.8. The summed E-state index contributed by atoms with van der Waals surface area (Å²) in [7, 11) is 0. The predicted molar refractivity (Wildman–Crippen MR) is 129 cm³/mol. The standard InChI is InChI=1S/C25H27BrF2N2O4/c1-25(2,29-24(32)33-16-17-9-5-3-6-10-17)34-14-8-4-7-12-30-13-11-18-15-19(26)21(27)22(28)20(18)23(30)31/h3,5-6,9-11,13,15H,4,7-8,12,14,16H2,1-2H3,(H,29,32). The second kappa shape index (κ2) is 11.6. The summed E-state index contributed by atoms with van der Waals surface area (Å²) in [4.78, 5) is 24.6. The second-order valence-corrected chi connectivity index (χ2v) is 9.23. The van der Waals surface area contributed by atoms with Crippen molar-refractivity contribution in [2.75, 3.05) is 6.61 Å². The van der Waals surface area contributed by atoms with Gasteiger partial charge in [0.1, 0.15) is 12.3 Å². The lowest BCUT2D eigenvalue weighted by atomic mass is 10.1. The van der Waals surface area contributed by atoms with Gasteiger partial charge < -0.3 is 14.0 Å². The molecule has 0 fully saturated rings. The Hall–Kier alpha value is -2.78. The lowest BCUT2D eigenvalue weighted by molar-refractivity contribution is -0.0426. The van der Waals surface area contributed by atoms with Gasteiger partial charge in [-0.25, -0.2) is 13.6 Å². The molecule has 1 N–H and O–H groups in total. The van der Waals surface area contributed by atoms with E-state index in [0.29, 0.717) is 31.4 Å². The van der Waals surface area contributed by atoms with Gasteiger partial charge in [-0.3, -0.25) is 10.1 Å². The van der Waals surface area contributed by atoms with Crippen molar-refractivity contribution < 1.29 is 23.0 Å². The number of rotatable bonds is 10. The summed E-state index contributed by atoms with van der Waals surface area (Å²) >= 11 is 2.95. The van der Waals surface area contributed by atoms with Crippen LogP contribution in [-0.2, 0) is 22.6 Å². The van der Waals surface area contributed by atoms with Gasteiger partial charge in [-0.15, -0.1) is 0 Å². The van der Waals surface area contributed by atoms with E-state index < -0.39 is 29.0 Å². The van der Waals surface area contributed by atoms with E-state index in [4.69, 9.17) is 9.47 Å². The molecule has 2 aromatic carbocycles. The molecule has 0 aliphatic heterocycles. The first-order valence-electron chi connectivity index (χ1n) is 11.0. The number of carbonyl (C=O) groups is 1. The van der Waals surface area contributed by atoms with Crippen LogP contribution in [-0.4, -0.2) is 23.0 Å². The summed E-state index contributed by atoms with van der Waals surface area (Å²) < 4.78 is 40.4. The molecule has 34 heavy (non-hydrogen) atoms. The molecule has 1 amide bonds. The van der Waals surface area contributed by atoms with Crippen LogP contribution < -0.4 is 10.9 Å². The number of carbonyl (C=O) groups excluding carboxylic acids is 1. The van der Waals surface area contributed by atoms with E-state index in [1.165, 1.54) is 10.6 Å². The van der Waals surface area contributed by atoms with E-state index in [1.807, 2.05) is 30.3 Å². The summed E-state index contributed by atoms with van der Waals surface area (Å²) in [6.07, 6.45) is 3.11. The van der Waals surface area contributed by atoms with Crippen LogP contribution >= 0.6 is 15.9 Å². The zero-order chi connectivity index (χ0) is 24.7. The van der Waals surface area contributed by atoms with E-state index in [0.717, 1.165) is 12.0 Å². The Labute approximate surface area is 205 Å². The number of hydrogen-bond donors (Lipinski definition) is 1. The summed E-state index contributed by atoms with van der Waals surface area (Å²) in [6.45, 7) is 4.41. The van der Waals surface area contributed by atoms with Crippen LogP contribution in [0.15, 0.2) is 57.9 Å². The van der Waals surface area contributed by atoms with Crippen molar-refractivity contribution in [2.45, 2.75) is 52.0 Å². The van der Waals surface area contributed by atoms with Crippen molar-refractivity contribution in [2.24, 2.45) is 0 Å². The van der Waals surface area contributed by atoms with Crippen LogP contribution in [0.1, 0.15) is 38.7 Å². The summed E-state index contributed by atoms with van der Waals surface area (Å²) in [5.41, 5.74) is -0.571. The van der Waals surface area contributed by atoms with Crippen LogP contribution in [0.25, 0.3) is 10.8 Å². The summed E-state index contributed by atoms with van der Waals surface area (Å²) in [5.74, 6) is -2.21. The Bertz CT molecular complexity index is 1200. The molecular formula is C25H27BrF2N2O4. The van der Waals surface area contributed by atoms with Gasteiger partial charge in [0.05, 0.1) is 9.86 Å². The van der Waals surface area contributed by atoms with E-state index in [2.05, 4.69) is 21.2 Å². The number of alkyl carbamates (subject to hydrolysis) is 1. The molecule has 0 unspecified atom stereocenters. The van der Waals surface area contributed by atoms with E-state index in [1.54, 1.807) is 26.1 Å². The molecule has 0 saturated carbocycles. The lowest BCUT2D eigenvalue weighted by Gasteiger charge is -2.26. The van der Waals surface area contributed by atoms with Crippen molar-refractivity contribution in [3.05, 3.63) is 80.7 Å². The highest BCUT2D eigenvalue weighted by molar-refractivity contribution is 9.10. The molecule has 0 aliphatic carbocycles. The predicted octanol–water partition coefficient (Wildman–Crippen LogP) is 5.89. The van der Waals surface area contributed by atoms with Gasteiger partial charge in [0.15, 0.2) is 11.6 Å². The highest BCUT2D eigenvalue weighted by Gasteiger charge is 2.21. The number of halogens is 3. The maximum atomic E-state index is 14.3. The minimum absolute atomic E-state index is 0.0171. The van der Waals surface area contributed by atoms with Crippen molar-refractivity contribution in [3.63, 3.8) is 0 Å². The van der Waals surface area contributed by atoms with Crippen LogP contribution in [0.4, 0.5) is 13.6 Å². The van der Waals surface area contributed by atoms with Gasteiger partial charge in [0.2, 0.25) is 0 Å². The Morgan fingerprint density at radius 1 is 1.09 bits per heavy atom. The normalized spacial score (nSPS) is 11.6. The Morgan fingerprint density at radius 3 is 2.56 bits per heavy atom. The molecule has 0 atom stereocenters. The highest BCUT2D eigenvalue weighted by Crippen LogP contribution is 2.25. The molecule has 182 valence electrons. The maximum Gasteiger partial charge on any atom is 0.409 e. The number of amides is 1. The third-order valence-electron chi connectivity index (χ3n) is 5.22. The van der Waals surface area contributed by atoms with Crippen molar-refractivity contribution >= 4 is 32.8 Å². The number of pyridine rings is 1. The first-order chi connectivity index (χ1) is 16.2. The molecule has 0 radical (unpaired) electrons. The highest BCUT2D eigenvalue weighted by atomic mass is 79.9. The molecule has 0 bridgehead atoms. The lowest BCUT2D eigenvalue weighted by Crippen LogP contribution is -2.46. The van der Waals surface area contributed by atoms with Crippen molar-refractivity contribution in [3.8, 4) is 0 Å². The largest absolute Gasteiger partial charge is 0.445 e.